The van der Waals surface area contributed by atoms with Crippen LogP contribution in [0.3, 0.4) is 0 Å². The van der Waals surface area contributed by atoms with Gasteiger partial charge in [0.25, 0.3) is 0 Å². The molecule has 6 nitrogen and oxygen atoms in total. The molecule has 0 saturated carbocycles. The van der Waals surface area contributed by atoms with Gasteiger partial charge in [-0.15, -0.1) is 11.8 Å². The number of aromatic nitrogens is 1. The van der Waals surface area contributed by atoms with Crippen molar-refractivity contribution in [3.8, 4) is 0 Å². The molecule has 0 aliphatic carbocycles. The number of hydrogen-bond donors (Lipinski definition) is 1. The lowest BCUT2D eigenvalue weighted by Gasteiger charge is -2.10. The Kier molecular flexibility index (Phi) is 7.55. The van der Waals surface area contributed by atoms with Gasteiger partial charge in [0.2, 0.25) is 10.0 Å². The smallest absolute Gasteiger partial charge is 0.417 e. The number of sulfonamides is 1. The zero-order valence-corrected chi connectivity index (χ0v) is 17.6. The minimum Gasteiger partial charge on any atom is -0.465 e. The number of carbonyl (C=O) groups is 1. The van der Waals surface area contributed by atoms with Gasteiger partial charge in [-0.05, 0) is 30.7 Å². The van der Waals surface area contributed by atoms with Gasteiger partial charge in [-0.3, -0.25) is 0 Å². The molecule has 0 fully saturated rings. The summed E-state index contributed by atoms with van der Waals surface area (Å²) in [6.45, 7) is 1.61. The number of hydrogen-bond acceptors (Lipinski definition) is 6. The Bertz CT molecular complexity index is 1010. The molecule has 1 aromatic heterocycles. The van der Waals surface area contributed by atoms with Crippen LogP contribution in [0.1, 0.15) is 21.5 Å². The molecule has 1 heterocycles. The van der Waals surface area contributed by atoms with Gasteiger partial charge in [-0.1, -0.05) is 17.7 Å². The first-order valence-electron chi connectivity index (χ1n) is 8.00. The second-order valence-electron chi connectivity index (χ2n) is 5.72. The topological polar surface area (TPSA) is 85.4 Å². The molecule has 29 heavy (non-hydrogen) atoms. The van der Waals surface area contributed by atoms with Crippen LogP contribution in [-0.4, -0.2) is 38.8 Å². The highest BCUT2D eigenvalue weighted by molar-refractivity contribution is 7.99. The van der Waals surface area contributed by atoms with Gasteiger partial charge < -0.3 is 4.74 Å². The lowest BCUT2D eigenvalue weighted by molar-refractivity contribution is -0.137. The van der Waals surface area contributed by atoms with Crippen LogP contribution in [-0.2, 0) is 20.9 Å². The van der Waals surface area contributed by atoms with E-state index >= 15 is 0 Å². The third-order valence-electron chi connectivity index (χ3n) is 3.69. The highest BCUT2D eigenvalue weighted by atomic mass is 35.5. The second-order valence-corrected chi connectivity index (χ2v) is 8.98. The first-order valence-corrected chi connectivity index (χ1v) is 10.8. The van der Waals surface area contributed by atoms with E-state index in [1.54, 1.807) is 6.92 Å². The lowest BCUT2D eigenvalue weighted by atomic mass is 10.1. The molecule has 2 aromatic rings. The van der Waals surface area contributed by atoms with Crippen LogP contribution in [0.5, 0.6) is 0 Å². The van der Waals surface area contributed by atoms with Crippen molar-refractivity contribution in [1.82, 2.24) is 9.71 Å². The molecule has 0 aliphatic rings. The summed E-state index contributed by atoms with van der Waals surface area (Å²) in [6.07, 6.45) is -3.88. The summed E-state index contributed by atoms with van der Waals surface area (Å²) in [6, 6.07) is 4.82. The van der Waals surface area contributed by atoms with Gasteiger partial charge >= 0.3 is 12.1 Å². The maximum atomic E-state index is 12.6. The number of carbonyl (C=O) groups excluding carboxylic acids is 1. The Labute approximate surface area is 174 Å². The third-order valence-corrected chi connectivity index (χ3v) is 6.56. The Morgan fingerprint density at radius 3 is 2.59 bits per heavy atom. The van der Waals surface area contributed by atoms with E-state index in [1.165, 1.54) is 25.3 Å². The minimum absolute atomic E-state index is 0.0343. The van der Waals surface area contributed by atoms with Crippen molar-refractivity contribution in [3.05, 3.63) is 52.2 Å². The molecule has 0 aliphatic heterocycles. The first-order chi connectivity index (χ1) is 13.5. The highest BCUT2D eigenvalue weighted by Gasteiger charge is 2.31. The Balaban J connectivity index is 2.01. The number of alkyl halides is 3. The zero-order chi connectivity index (χ0) is 21.8. The van der Waals surface area contributed by atoms with Crippen molar-refractivity contribution in [2.75, 3.05) is 19.4 Å². The van der Waals surface area contributed by atoms with Crippen LogP contribution in [0, 0.1) is 6.92 Å². The lowest BCUT2D eigenvalue weighted by Crippen LogP contribution is -2.26. The molecular weight excluding hydrogens is 453 g/mol. The quantitative estimate of drug-likeness (QED) is 0.376. The Morgan fingerprint density at radius 1 is 1.31 bits per heavy atom. The largest absolute Gasteiger partial charge is 0.465 e. The monoisotopic (exact) mass is 468 g/mol. The molecule has 1 aromatic carbocycles. The van der Waals surface area contributed by atoms with E-state index in [2.05, 4.69) is 14.4 Å². The van der Waals surface area contributed by atoms with Crippen molar-refractivity contribution < 1.29 is 31.1 Å². The molecular formula is C17H16ClF3N2O4S2. The molecule has 0 radical (unpaired) electrons. The first kappa shape index (κ1) is 23.5. The van der Waals surface area contributed by atoms with E-state index in [-0.39, 0.29) is 32.8 Å². The molecule has 0 spiro atoms. The van der Waals surface area contributed by atoms with E-state index in [9.17, 15) is 26.4 Å². The van der Waals surface area contributed by atoms with Crippen molar-refractivity contribution in [3.63, 3.8) is 0 Å². The maximum Gasteiger partial charge on any atom is 0.417 e. The van der Waals surface area contributed by atoms with Crippen LogP contribution in [0.15, 0.2) is 40.4 Å². The fraction of sp³-hybridized carbons (Fsp3) is 0.294. The van der Waals surface area contributed by atoms with Gasteiger partial charge in [-0.2, -0.15) is 13.2 Å². The minimum atomic E-state index is -4.55. The van der Waals surface area contributed by atoms with Crippen LogP contribution in [0.2, 0.25) is 5.02 Å². The summed E-state index contributed by atoms with van der Waals surface area (Å²) in [5.41, 5.74) is -0.270. The van der Waals surface area contributed by atoms with Crippen LogP contribution in [0.25, 0.3) is 0 Å². The van der Waals surface area contributed by atoms with E-state index in [4.69, 9.17) is 11.6 Å². The number of esters is 1. The van der Waals surface area contributed by atoms with Gasteiger partial charge in [0.1, 0.15) is 5.03 Å². The summed E-state index contributed by atoms with van der Waals surface area (Å²) >= 11 is 6.81. The van der Waals surface area contributed by atoms with Crippen LogP contribution in [0.4, 0.5) is 13.2 Å². The fourth-order valence-electron chi connectivity index (χ4n) is 2.19. The molecule has 0 atom stereocenters. The Morgan fingerprint density at radius 2 is 2.00 bits per heavy atom. The standard InChI is InChI=1S/C17H16ClF3N2O4S2/c1-10-3-4-12(8-13(10)16(24)27-2)29(25,26)23-5-6-28-15-14(18)7-11(9-22-15)17(19,20)21/h3-4,7-9,23H,5-6H2,1-2H3. The number of pyridine rings is 1. The van der Waals surface area contributed by atoms with Gasteiger partial charge in [0.15, 0.2) is 0 Å². The summed E-state index contributed by atoms with van der Waals surface area (Å²) in [7, 11) is -2.71. The number of nitrogens with zero attached hydrogens (tertiary/aromatic N) is 1. The van der Waals surface area contributed by atoms with E-state index < -0.39 is 27.7 Å². The van der Waals surface area contributed by atoms with Crippen LogP contribution >= 0.6 is 23.4 Å². The summed E-state index contributed by atoms with van der Waals surface area (Å²) in [5.74, 6) is -0.481. The normalized spacial score (nSPS) is 12.1. The highest BCUT2D eigenvalue weighted by Crippen LogP contribution is 2.33. The SMILES string of the molecule is COC(=O)c1cc(S(=O)(=O)NCCSc2ncc(C(F)(F)F)cc2Cl)ccc1C. The summed E-state index contributed by atoms with van der Waals surface area (Å²) < 4.78 is 69.6. The van der Waals surface area contributed by atoms with Crippen molar-refractivity contribution in [1.29, 1.82) is 0 Å². The predicted molar refractivity (Wildman–Crippen MR) is 103 cm³/mol. The number of aryl methyl sites for hydroxylation is 1. The molecule has 0 amide bonds. The molecule has 0 bridgehead atoms. The average Bonchev–Trinajstić information content (AvgIpc) is 2.65. The summed E-state index contributed by atoms with van der Waals surface area (Å²) in [5, 5.41) is -0.0175. The number of rotatable bonds is 7. The molecule has 12 heteroatoms. The molecule has 158 valence electrons. The summed E-state index contributed by atoms with van der Waals surface area (Å²) in [4.78, 5) is 15.3. The van der Waals surface area contributed by atoms with Crippen LogP contribution < -0.4 is 4.72 Å². The molecule has 1 N–H and O–H groups in total. The molecule has 0 saturated heterocycles. The average molecular weight is 469 g/mol. The van der Waals surface area contributed by atoms with Crippen molar-refractivity contribution in [2.24, 2.45) is 0 Å². The number of nitrogens with one attached hydrogen (secondary N) is 1. The second kappa shape index (κ2) is 9.33. The molecule has 2 rings (SSSR count). The number of thioether (sulfide) groups is 1. The molecule has 0 unspecified atom stereocenters. The maximum absolute atomic E-state index is 12.6. The van der Waals surface area contributed by atoms with Gasteiger partial charge in [-0.25, -0.2) is 22.9 Å². The van der Waals surface area contributed by atoms with Gasteiger partial charge in [0, 0.05) is 18.5 Å². The van der Waals surface area contributed by atoms with E-state index in [0.29, 0.717) is 11.8 Å². The number of benzene rings is 1. The Hall–Kier alpha value is -1.82. The number of ether oxygens (including phenoxy) is 1. The van der Waals surface area contributed by atoms with E-state index in [0.717, 1.165) is 17.8 Å². The zero-order valence-electron chi connectivity index (χ0n) is 15.2. The number of methoxy groups -OCH3 is 1. The van der Waals surface area contributed by atoms with Gasteiger partial charge in [0.05, 0.1) is 28.2 Å². The van der Waals surface area contributed by atoms with Crippen molar-refractivity contribution >= 4 is 39.4 Å². The van der Waals surface area contributed by atoms with Crippen molar-refractivity contribution in [2.45, 2.75) is 23.0 Å². The van der Waals surface area contributed by atoms with E-state index in [1.807, 2.05) is 0 Å². The number of halogens is 4. The third kappa shape index (κ3) is 6.08. The fourth-order valence-corrected chi connectivity index (χ4v) is 4.43. The predicted octanol–water partition coefficient (Wildman–Crippen LogP) is 3.92.